The van der Waals surface area contributed by atoms with Crippen molar-refractivity contribution < 1.29 is 19.6 Å². The highest BCUT2D eigenvalue weighted by atomic mass is 16.6. The Morgan fingerprint density at radius 2 is 2.04 bits per heavy atom. The van der Waals surface area contributed by atoms with Crippen LogP contribution >= 0.6 is 0 Å². The molecule has 0 aromatic heterocycles. The highest BCUT2D eigenvalue weighted by Gasteiger charge is 2.19. The molecule has 1 saturated carbocycles. The Morgan fingerprint density at radius 1 is 1.30 bits per heavy atom. The summed E-state index contributed by atoms with van der Waals surface area (Å²) >= 11 is 0. The first kappa shape index (κ1) is 17.0. The number of nitrogens with zero attached hydrogens (tertiary/aromatic N) is 2. The molecule has 1 aliphatic carbocycles. The molecule has 23 heavy (non-hydrogen) atoms. The topological polar surface area (TPSA) is 80.5 Å². The number of oxime groups is 2. The lowest BCUT2D eigenvalue weighted by molar-refractivity contribution is 0.0688. The summed E-state index contributed by atoms with van der Waals surface area (Å²) in [6, 6.07) is 6.71. The molecule has 0 radical (unpaired) electrons. The Kier molecular flexibility index (Phi) is 6.59. The minimum Gasteiger partial charge on any atom is -0.478 e. The van der Waals surface area contributed by atoms with Crippen molar-refractivity contribution in [2.75, 3.05) is 7.11 Å². The van der Waals surface area contributed by atoms with Crippen LogP contribution in [0.3, 0.4) is 0 Å². The Labute approximate surface area is 135 Å². The van der Waals surface area contributed by atoms with Crippen molar-refractivity contribution in [3.05, 3.63) is 35.4 Å². The van der Waals surface area contributed by atoms with E-state index in [1.165, 1.54) is 26.4 Å². The quantitative estimate of drug-likeness (QED) is 0.616. The first-order valence-corrected chi connectivity index (χ1v) is 7.80. The second kappa shape index (κ2) is 8.92. The molecule has 0 bridgehead atoms. The van der Waals surface area contributed by atoms with E-state index in [4.69, 9.17) is 14.8 Å². The van der Waals surface area contributed by atoms with Gasteiger partial charge in [-0.3, -0.25) is 0 Å². The van der Waals surface area contributed by atoms with Crippen LogP contribution in [0.4, 0.5) is 0 Å². The molecule has 2 rings (SSSR count). The number of aromatic carboxylic acids is 1. The van der Waals surface area contributed by atoms with Gasteiger partial charge >= 0.3 is 5.97 Å². The van der Waals surface area contributed by atoms with Gasteiger partial charge < -0.3 is 14.8 Å². The molecule has 6 nitrogen and oxygen atoms in total. The number of benzene rings is 1. The summed E-state index contributed by atoms with van der Waals surface area (Å²) in [5.41, 5.74) is 1.58. The van der Waals surface area contributed by atoms with Crippen LogP contribution < -0.4 is 0 Å². The average molecular weight is 318 g/mol. The van der Waals surface area contributed by atoms with Gasteiger partial charge in [-0.25, -0.2) is 4.79 Å². The Bertz CT molecular complexity index is 578. The van der Waals surface area contributed by atoms with Gasteiger partial charge in [0.2, 0.25) is 0 Å². The number of hydrogen-bond donors (Lipinski definition) is 1. The molecule has 0 spiro atoms. The fraction of sp³-hybridized carbons (Fsp3) is 0.471. The zero-order valence-corrected chi connectivity index (χ0v) is 13.3. The SMILES string of the molecule is CO/N=C(\C=NOCc1ccccc1C(=O)O)C1CCCCC1. The third kappa shape index (κ3) is 5.09. The van der Waals surface area contributed by atoms with Crippen LogP contribution in [0, 0.1) is 5.92 Å². The third-order valence-electron chi connectivity index (χ3n) is 3.95. The van der Waals surface area contributed by atoms with Crippen LogP contribution in [-0.2, 0) is 16.3 Å². The Hall–Kier alpha value is -2.37. The van der Waals surface area contributed by atoms with Crippen molar-refractivity contribution in [2.24, 2.45) is 16.2 Å². The maximum Gasteiger partial charge on any atom is 0.336 e. The summed E-state index contributed by atoms with van der Waals surface area (Å²) in [6.45, 7) is 0.101. The van der Waals surface area contributed by atoms with E-state index in [-0.39, 0.29) is 12.2 Å². The van der Waals surface area contributed by atoms with Gasteiger partial charge in [0, 0.05) is 11.5 Å². The maximum atomic E-state index is 11.1. The highest BCUT2D eigenvalue weighted by molar-refractivity contribution is 6.31. The molecule has 1 aromatic carbocycles. The summed E-state index contributed by atoms with van der Waals surface area (Å²) < 4.78 is 0. The first-order chi connectivity index (χ1) is 11.2. The van der Waals surface area contributed by atoms with Gasteiger partial charge in [-0.2, -0.15) is 0 Å². The molecule has 1 aliphatic rings. The molecule has 1 N–H and O–H groups in total. The van der Waals surface area contributed by atoms with Crippen LogP contribution in [-0.4, -0.2) is 30.1 Å². The summed E-state index contributed by atoms with van der Waals surface area (Å²) in [6.07, 6.45) is 7.37. The Morgan fingerprint density at radius 3 is 2.74 bits per heavy atom. The lowest BCUT2D eigenvalue weighted by atomic mass is 9.86. The molecule has 124 valence electrons. The predicted octanol–water partition coefficient (Wildman–Crippen LogP) is 3.47. The largest absolute Gasteiger partial charge is 0.478 e. The van der Waals surface area contributed by atoms with Crippen molar-refractivity contribution >= 4 is 17.9 Å². The molecule has 0 heterocycles. The fourth-order valence-electron chi connectivity index (χ4n) is 2.76. The zero-order chi connectivity index (χ0) is 16.5. The standard InChI is InChI=1S/C17H22N2O4/c1-22-19-16(13-7-3-2-4-8-13)11-18-23-12-14-9-5-6-10-15(14)17(20)21/h5-6,9-11,13H,2-4,7-8,12H2,1H3,(H,20,21)/b18-11?,19-16+. The number of carbonyl (C=O) groups is 1. The fourth-order valence-corrected chi connectivity index (χ4v) is 2.76. The van der Waals surface area contributed by atoms with Gasteiger partial charge in [-0.05, 0) is 18.9 Å². The van der Waals surface area contributed by atoms with Crippen LogP contribution in [0.2, 0.25) is 0 Å². The number of hydrogen-bond acceptors (Lipinski definition) is 5. The second-order valence-corrected chi connectivity index (χ2v) is 5.50. The lowest BCUT2D eigenvalue weighted by Gasteiger charge is -2.20. The van der Waals surface area contributed by atoms with Gasteiger partial charge in [0.05, 0.1) is 11.8 Å². The van der Waals surface area contributed by atoms with Crippen molar-refractivity contribution in [1.29, 1.82) is 0 Å². The summed E-state index contributed by atoms with van der Waals surface area (Å²) in [7, 11) is 1.51. The van der Waals surface area contributed by atoms with Crippen molar-refractivity contribution in [1.82, 2.24) is 0 Å². The van der Waals surface area contributed by atoms with E-state index >= 15 is 0 Å². The summed E-state index contributed by atoms with van der Waals surface area (Å²) in [5, 5.41) is 17.1. The van der Waals surface area contributed by atoms with E-state index in [1.807, 2.05) is 0 Å². The highest BCUT2D eigenvalue weighted by Crippen LogP contribution is 2.24. The molecule has 0 amide bonds. The molecule has 0 aliphatic heterocycles. The molecular formula is C17H22N2O4. The van der Waals surface area contributed by atoms with E-state index in [9.17, 15) is 4.79 Å². The third-order valence-corrected chi connectivity index (χ3v) is 3.95. The van der Waals surface area contributed by atoms with E-state index in [0.29, 0.717) is 11.5 Å². The molecule has 1 fully saturated rings. The van der Waals surface area contributed by atoms with Crippen LogP contribution in [0.5, 0.6) is 0 Å². The number of rotatable bonds is 7. The normalized spacial score (nSPS) is 16.5. The van der Waals surface area contributed by atoms with Crippen molar-refractivity contribution in [3.63, 3.8) is 0 Å². The van der Waals surface area contributed by atoms with Crippen LogP contribution in [0.25, 0.3) is 0 Å². The number of carboxylic acid groups (broad SMARTS) is 1. The van der Waals surface area contributed by atoms with Gasteiger partial charge in [-0.1, -0.05) is 47.8 Å². The smallest absolute Gasteiger partial charge is 0.336 e. The Balaban J connectivity index is 1.94. The van der Waals surface area contributed by atoms with E-state index in [2.05, 4.69) is 10.3 Å². The molecule has 0 saturated heterocycles. The van der Waals surface area contributed by atoms with Gasteiger partial charge in [0.15, 0.2) is 0 Å². The maximum absolute atomic E-state index is 11.1. The van der Waals surface area contributed by atoms with Gasteiger partial charge in [-0.15, -0.1) is 0 Å². The van der Waals surface area contributed by atoms with E-state index < -0.39 is 5.97 Å². The van der Waals surface area contributed by atoms with E-state index in [1.54, 1.807) is 30.5 Å². The molecule has 1 aromatic rings. The lowest BCUT2D eigenvalue weighted by Crippen LogP contribution is -2.19. The minimum absolute atomic E-state index is 0.101. The predicted molar refractivity (Wildman–Crippen MR) is 87.7 cm³/mol. The van der Waals surface area contributed by atoms with Crippen LogP contribution in [0.1, 0.15) is 48.0 Å². The first-order valence-electron chi connectivity index (χ1n) is 7.80. The van der Waals surface area contributed by atoms with Crippen molar-refractivity contribution in [2.45, 2.75) is 38.7 Å². The summed E-state index contributed by atoms with van der Waals surface area (Å²) in [4.78, 5) is 21.3. The van der Waals surface area contributed by atoms with Gasteiger partial charge in [0.1, 0.15) is 19.4 Å². The molecule has 0 atom stereocenters. The number of carboxylic acids is 1. The second-order valence-electron chi connectivity index (χ2n) is 5.50. The van der Waals surface area contributed by atoms with Gasteiger partial charge in [0.25, 0.3) is 0 Å². The molecular weight excluding hydrogens is 296 g/mol. The van der Waals surface area contributed by atoms with E-state index in [0.717, 1.165) is 18.6 Å². The average Bonchev–Trinajstić information content (AvgIpc) is 2.58. The van der Waals surface area contributed by atoms with Crippen LogP contribution in [0.15, 0.2) is 34.6 Å². The zero-order valence-electron chi connectivity index (χ0n) is 13.3. The molecule has 0 unspecified atom stereocenters. The summed E-state index contributed by atoms with van der Waals surface area (Å²) in [5.74, 6) is -0.626. The molecule has 6 heteroatoms. The monoisotopic (exact) mass is 318 g/mol. The van der Waals surface area contributed by atoms with Crippen molar-refractivity contribution in [3.8, 4) is 0 Å². The minimum atomic E-state index is -0.975.